The van der Waals surface area contributed by atoms with E-state index in [-0.39, 0.29) is 80.6 Å². The molecule has 0 amide bonds. The van der Waals surface area contributed by atoms with E-state index in [1.807, 2.05) is 57.2 Å². The van der Waals surface area contributed by atoms with E-state index in [0.29, 0.717) is 17.7 Å². The third-order valence-corrected chi connectivity index (χ3v) is 23.0. The summed E-state index contributed by atoms with van der Waals surface area (Å²) >= 11 is 3.35. The molecular formula is C75H108O32S3. The molecule has 32 nitrogen and oxygen atoms in total. The Hall–Kier alpha value is -5.98. The number of Topliss-reactive ketones (excluding diaryl/α,β-unsaturated/α-hetero) is 4. The molecule has 110 heavy (non-hydrogen) atoms. The fourth-order valence-corrected chi connectivity index (χ4v) is 16.6. The number of carboxylic acid groups (broad SMARTS) is 1. The normalized spacial score (nSPS) is 30.0. The second-order valence-electron chi connectivity index (χ2n) is 27.6. The molecule has 4 aliphatic heterocycles. The molecule has 0 bridgehead atoms. The summed E-state index contributed by atoms with van der Waals surface area (Å²) in [5, 5.41) is 149. The predicted molar refractivity (Wildman–Crippen MR) is 392 cm³/mol. The molecule has 4 heterocycles. The fraction of sp³-hybridized carbons (Fsp3) is 0.640. The highest BCUT2D eigenvalue weighted by Gasteiger charge is 2.59. The van der Waals surface area contributed by atoms with Crippen LogP contribution in [0.2, 0.25) is 0 Å². The van der Waals surface area contributed by atoms with E-state index < -0.39 is 192 Å². The van der Waals surface area contributed by atoms with Gasteiger partial charge in [0.05, 0.1) is 83.9 Å². The second kappa shape index (κ2) is 45.2. The Morgan fingerprint density at radius 3 is 1.15 bits per heavy atom. The maximum atomic E-state index is 12.8. The van der Waals surface area contributed by atoms with E-state index in [4.69, 9.17) is 53.2 Å². The number of ketones is 4. The van der Waals surface area contributed by atoms with Gasteiger partial charge in [-0.2, -0.15) is 0 Å². The number of carboxylic acids is 1. The van der Waals surface area contributed by atoms with Crippen molar-refractivity contribution in [2.24, 2.45) is 29.6 Å². The van der Waals surface area contributed by atoms with Gasteiger partial charge in [-0.25, -0.2) is 19.2 Å². The average molecular weight is 1620 g/mol. The van der Waals surface area contributed by atoms with Crippen LogP contribution >= 0.6 is 35.3 Å². The van der Waals surface area contributed by atoms with Crippen LogP contribution in [0.1, 0.15) is 119 Å². The lowest BCUT2D eigenvalue weighted by Crippen LogP contribution is -2.61. The molecule has 618 valence electrons. The van der Waals surface area contributed by atoms with Gasteiger partial charge in [0.25, 0.3) is 5.79 Å². The highest BCUT2D eigenvalue weighted by Crippen LogP contribution is 2.51. The third-order valence-electron chi connectivity index (χ3n) is 19.2. The standard InChI is InChI=1S/C22H30O9S.C21H30O6S.C17H24O7S.C15H24O10/c1-13(24)8-9-14(25)10-16-17(26)11-22(21(29)30-2,32-15-6-4-3-5-7-15)31-20(16)19(28)18(27)12-23;1-6-17(23)19(26-15(4)22)18-14(3)13(2)12-21(27-18,20(24)25-5)28-16-10-8-7-9-11-16;1-10-12(19)8-17(16(22)23-2,25-11-6-4-3-5-7-11)24-15(10)14(21)13(20)9-18;1-7(17)2-3-8(18)4-9-10(19)5-15(24,14(22)23)25-13(9)12(21)11(20)6-16/h3-7,16-20,23,26-28H,8-12H2,1-2H3;7-11,13-14,17-19,23H,6,12H2,1-5H3;3-7,10,12-15,18-21H,8-9H2,1-2H3;9-13,16,19-21,24H,2-6H2,1H3,(H,22,23)/t16-,17-,18-,19-,20?,22+;13-,14-,17-,18?,19-,21+;10-,12-,13-,14-,15?,17+;9-,10-,11-,12-,13?,15-/m1111/s1. The van der Waals surface area contributed by atoms with Crippen LogP contribution in [0.15, 0.2) is 106 Å². The number of hydrogen-bond donors (Lipinski definition) is 15. The molecule has 15 N–H and O–H groups in total. The lowest BCUT2D eigenvalue weighted by Gasteiger charge is -2.47. The minimum atomic E-state index is -2.81. The number of carbonyl (C=O) groups is 9. The van der Waals surface area contributed by atoms with Gasteiger partial charge in [-0.05, 0) is 68.5 Å². The van der Waals surface area contributed by atoms with Gasteiger partial charge in [-0.15, -0.1) is 0 Å². The molecule has 0 spiro atoms. The summed E-state index contributed by atoms with van der Waals surface area (Å²) in [6.45, 7) is 9.12. The van der Waals surface area contributed by atoms with Crippen molar-refractivity contribution in [2.75, 3.05) is 41.2 Å². The number of rotatable bonds is 33. The number of methoxy groups -OCH3 is 3. The Morgan fingerprint density at radius 1 is 0.464 bits per heavy atom. The van der Waals surface area contributed by atoms with E-state index in [9.17, 15) is 104 Å². The zero-order valence-corrected chi connectivity index (χ0v) is 65.4. The van der Waals surface area contributed by atoms with Crippen LogP contribution in [0.5, 0.6) is 0 Å². The molecule has 0 aromatic heterocycles. The molecule has 24 atom stereocenters. The van der Waals surface area contributed by atoms with Crippen molar-refractivity contribution in [1.29, 1.82) is 0 Å². The van der Waals surface area contributed by atoms with Gasteiger partial charge in [0.15, 0.2) is 6.10 Å². The van der Waals surface area contributed by atoms with E-state index in [2.05, 4.69) is 0 Å². The van der Waals surface area contributed by atoms with Gasteiger partial charge in [0.1, 0.15) is 65.9 Å². The van der Waals surface area contributed by atoms with Crippen LogP contribution in [-0.2, 0) is 81.0 Å². The van der Waals surface area contributed by atoms with Gasteiger partial charge in [-0.3, -0.25) is 14.4 Å². The summed E-state index contributed by atoms with van der Waals surface area (Å²) in [4.78, 5) is 105. The van der Waals surface area contributed by atoms with E-state index in [0.717, 1.165) is 40.4 Å². The molecule has 35 heteroatoms. The summed E-state index contributed by atoms with van der Waals surface area (Å²) in [5.74, 6) is -10.8. The zero-order chi connectivity index (χ0) is 82.8. The Bertz CT molecular complexity index is 3400. The molecule has 0 aliphatic carbocycles. The number of aliphatic hydroxyl groups excluding tert-OH is 13. The number of aliphatic carboxylic acids is 1. The number of ether oxygens (including phenoxy) is 8. The molecular weight excluding hydrogens is 1510 g/mol. The van der Waals surface area contributed by atoms with Crippen molar-refractivity contribution in [3.05, 3.63) is 91.0 Å². The van der Waals surface area contributed by atoms with Crippen molar-refractivity contribution >= 4 is 88.3 Å². The van der Waals surface area contributed by atoms with Crippen molar-refractivity contribution in [3.8, 4) is 0 Å². The smallest absolute Gasteiger partial charge is 0.364 e. The van der Waals surface area contributed by atoms with Crippen LogP contribution in [-0.4, -0.2) is 283 Å². The van der Waals surface area contributed by atoms with Crippen LogP contribution in [0, 0.1) is 29.6 Å². The minimum absolute atomic E-state index is 0.00590. The van der Waals surface area contributed by atoms with Crippen molar-refractivity contribution in [1.82, 2.24) is 0 Å². The maximum absolute atomic E-state index is 12.8. The topological polar surface area (TPSA) is 531 Å². The maximum Gasteiger partial charge on any atom is 0.364 e. The van der Waals surface area contributed by atoms with E-state index in [1.165, 1.54) is 46.8 Å². The van der Waals surface area contributed by atoms with Crippen molar-refractivity contribution < 1.29 is 158 Å². The average Bonchev–Trinajstić information content (AvgIpc) is 0.790. The van der Waals surface area contributed by atoms with Gasteiger partial charge in [0, 0.05) is 104 Å². The SMILES string of the molecule is CC(=O)CCC(=O)C[C@H]1C([C@H](O)[C@H](O)CO)O[C@@](O)(C(=O)O)C[C@H]1O.CC[C@@H](O)[C@@H](OC(C)=O)C1O[C@@](Sc2ccccc2)(C(=O)OC)C[C@@H](C)[C@H]1C.COC(=O)[C@@]1(Sc2ccccc2)C[C@@H](O)[C@@H](C)C([C@H](O)[C@H](O)CO)O1.COC(=O)[C@@]1(Sc2ccccc2)C[C@@H](O)[C@@H](CC(=O)CCC(C)=O)C([C@H](O)[C@H](O)CO)O1. The summed E-state index contributed by atoms with van der Waals surface area (Å²) in [6, 6.07) is 27.3. The van der Waals surface area contributed by atoms with Crippen LogP contribution < -0.4 is 0 Å². The molecule has 0 radical (unpaired) electrons. The first-order valence-electron chi connectivity index (χ1n) is 35.7. The first-order chi connectivity index (χ1) is 51.7. The van der Waals surface area contributed by atoms with Crippen LogP contribution in [0.25, 0.3) is 0 Å². The number of esters is 4. The summed E-state index contributed by atoms with van der Waals surface area (Å²) in [7, 11) is 3.72. The number of hydrogen-bond acceptors (Lipinski definition) is 34. The number of carbonyl (C=O) groups excluding carboxylic acids is 8. The Morgan fingerprint density at radius 2 is 0.800 bits per heavy atom. The molecule has 3 aromatic carbocycles. The lowest BCUT2D eigenvalue weighted by atomic mass is 9.80. The molecule has 4 aliphatic rings. The molecule has 4 unspecified atom stereocenters. The fourth-order valence-electron chi connectivity index (χ4n) is 12.8. The summed E-state index contributed by atoms with van der Waals surface area (Å²) < 4.78 is 43.6. The van der Waals surface area contributed by atoms with Crippen LogP contribution in [0.4, 0.5) is 0 Å². The van der Waals surface area contributed by atoms with Crippen molar-refractivity contribution in [3.63, 3.8) is 0 Å². The monoisotopic (exact) mass is 1620 g/mol. The Balaban J connectivity index is 0.000000311. The Labute approximate surface area is 650 Å². The lowest BCUT2D eigenvalue weighted by molar-refractivity contribution is -0.304. The summed E-state index contributed by atoms with van der Waals surface area (Å²) in [6.07, 6.45) is -20.9. The number of benzene rings is 3. The van der Waals surface area contributed by atoms with Crippen LogP contribution in [0.3, 0.4) is 0 Å². The molecule has 7 rings (SSSR count). The quantitative estimate of drug-likeness (QED) is 0.0304. The first-order valence-corrected chi connectivity index (χ1v) is 38.1. The van der Waals surface area contributed by atoms with Crippen molar-refractivity contribution in [2.45, 2.75) is 246 Å². The largest absolute Gasteiger partial charge is 0.477 e. The molecule has 4 saturated heterocycles. The highest BCUT2D eigenvalue weighted by atomic mass is 32.2. The Kier molecular flexibility index (Phi) is 39.6. The minimum Gasteiger partial charge on any atom is -0.477 e. The van der Waals surface area contributed by atoms with Gasteiger partial charge in [0.2, 0.25) is 14.8 Å². The second-order valence-corrected chi connectivity index (χ2v) is 31.6. The highest BCUT2D eigenvalue weighted by molar-refractivity contribution is 8.01. The van der Waals surface area contributed by atoms with Gasteiger partial charge < -0.3 is 124 Å². The zero-order valence-electron chi connectivity index (χ0n) is 63.0. The van der Waals surface area contributed by atoms with Gasteiger partial charge in [-0.1, -0.05) is 118 Å². The van der Waals surface area contributed by atoms with E-state index >= 15 is 0 Å². The third kappa shape index (κ3) is 26.8. The number of thioether (sulfide) groups is 3. The van der Waals surface area contributed by atoms with Gasteiger partial charge >= 0.3 is 29.8 Å². The van der Waals surface area contributed by atoms with E-state index in [1.54, 1.807) is 61.5 Å². The summed E-state index contributed by atoms with van der Waals surface area (Å²) in [5.41, 5.74) is 0. The first kappa shape index (κ1) is 96.4. The molecule has 4 fully saturated rings. The molecule has 0 saturated carbocycles. The number of aliphatic hydroxyl groups is 14. The predicted octanol–water partition coefficient (Wildman–Crippen LogP) is 1.58. The molecule has 3 aromatic rings.